The molecule has 0 fully saturated rings. The highest BCUT2D eigenvalue weighted by molar-refractivity contribution is 7.17. The van der Waals surface area contributed by atoms with Crippen LogP contribution >= 0.6 is 11.3 Å². The minimum absolute atomic E-state index is 0.149. The number of amides is 3. The Kier molecular flexibility index (Phi) is 5.32. The van der Waals surface area contributed by atoms with Gasteiger partial charge in [-0.15, -0.1) is 11.3 Å². The van der Waals surface area contributed by atoms with Gasteiger partial charge in [-0.25, -0.2) is 9.18 Å². The maximum atomic E-state index is 13.3. The normalized spacial score (nSPS) is 12.8. The van der Waals surface area contributed by atoms with E-state index in [1.54, 1.807) is 0 Å². The number of imide groups is 1. The molecule has 0 radical (unpaired) electrons. The third-order valence-corrected chi connectivity index (χ3v) is 5.32. The van der Waals surface area contributed by atoms with Gasteiger partial charge in [0, 0.05) is 10.4 Å². The van der Waals surface area contributed by atoms with Crippen LogP contribution in [-0.2, 0) is 17.6 Å². The van der Waals surface area contributed by atoms with E-state index in [1.165, 1.54) is 36.6 Å². The van der Waals surface area contributed by atoms with Crippen LogP contribution in [0.15, 0.2) is 24.3 Å². The Hall–Kier alpha value is -2.74. The molecule has 6 nitrogen and oxygen atoms in total. The predicted molar refractivity (Wildman–Crippen MR) is 95.2 cm³/mol. The van der Waals surface area contributed by atoms with E-state index in [0.29, 0.717) is 11.4 Å². The Labute approximate surface area is 153 Å². The second-order valence-electron chi connectivity index (χ2n) is 5.83. The van der Waals surface area contributed by atoms with Gasteiger partial charge in [-0.3, -0.25) is 14.9 Å². The smallest absolute Gasteiger partial charge is 0.413 e. The molecule has 26 heavy (non-hydrogen) atoms. The molecule has 1 aliphatic carbocycles. The van der Waals surface area contributed by atoms with Gasteiger partial charge in [0.1, 0.15) is 10.8 Å². The number of ether oxygens (including phenoxy) is 1. The molecular formula is C18H17FN2O4S. The summed E-state index contributed by atoms with van der Waals surface area (Å²) in [6.45, 7) is 0. The maximum absolute atomic E-state index is 13.3. The Morgan fingerprint density at radius 2 is 1.92 bits per heavy atom. The van der Waals surface area contributed by atoms with Crippen molar-refractivity contribution in [2.45, 2.75) is 25.7 Å². The molecule has 1 aromatic carbocycles. The molecule has 2 N–H and O–H groups in total. The number of rotatable bonds is 3. The number of alkyl carbamates (subject to hydrolysis) is 1. The third-order valence-electron chi connectivity index (χ3n) is 4.11. The summed E-state index contributed by atoms with van der Waals surface area (Å²) < 4.78 is 17.8. The molecule has 0 spiro atoms. The van der Waals surface area contributed by atoms with Crippen LogP contribution in [0, 0.1) is 5.82 Å². The number of nitrogens with one attached hydrogen (secondary N) is 2. The van der Waals surface area contributed by atoms with Crippen molar-refractivity contribution in [2.24, 2.45) is 0 Å². The molecule has 0 aliphatic heterocycles. The number of aryl methyl sites for hydroxylation is 1. The quantitative estimate of drug-likeness (QED) is 0.858. The fourth-order valence-electron chi connectivity index (χ4n) is 2.91. The fourth-order valence-corrected chi connectivity index (χ4v) is 4.19. The second-order valence-corrected chi connectivity index (χ2v) is 6.93. The van der Waals surface area contributed by atoms with Crippen LogP contribution in [0.3, 0.4) is 0 Å². The average Bonchev–Trinajstić information content (AvgIpc) is 2.99. The number of anilines is 1. The zero-order valence-corrected chi connectivity index (χ0v) is 14.9. The van der Waals surface area contributed by atoms with Crippen molar-refractivity contribution < 1.29 is 23.5 Å². The lowest BCUT2D eigenvalue weighted by atomic mass is 9.95. The molecule has 1 aromatic heterocycles. The molecule has 2 aromatic rings. The van der Waals surface area contributed by atoms with Crippen molar-refractivity contribution in [3.63, 3.8) is 0 Å². The molecule has 1 aliphatic rings. The van der Waals surface area contributed by atoms with Crippen LogP contribution in [0.4, 0.5) is 14.2 Å². The summed E-state index contributed by atoms with van der Waals surface area (Å²) in [5.74, 6) is -1.66. The first kappa shape index (κ1) is 18.1. The molecule has 1 heterocycles. The maximum Gasteiger partial charge on any atom is 0.413 e. The lowest BCUT2D eigenvalue weighted by molar-refractivity contribution is 0.0937. The monoisotopic (exact) mass is 376 g/mol. The summed E-state index contributed by atoms with van der Waals surface area (Å²) in [4.78, 5) is 37.4. The van der Waals surface area contributed by atoms with E-state index < -0.39 is 23.7 Å². The van der Waals surface area contributed by atoms with Crippen molar-refractivity contribution in [3.05, 3.63) is 51.7 Å². The molecule has 136 valence electrons. The minimum atomic E-state index is -0.867. The van der Waals surface area contributed by atoms with Gasteiger partial charge in [-0.2, -0.15) is 0 Å². The molecule has 0 saturated heterocycles. The van der Waals surface area contributed by atoms with E-state index in [1.807, 2.05) is 0 Å². The Bertz CT molecular complexity index is 878. The number of fused-ring (bicyclic) bond motifs is 1. The van der Waals surface area contributed by atoms with Gasteiger partial charge in [0.2, 0.25) is 0 Å². The lowest BCUT2D eigenvalue weighted by Crippen LogP contribution is -2.31. The molecule has 3 amide bonds. The van der Waals surface area contributed by atoms with Crippen LogP contribution in [0.5, 0.6) is 0 Å². The standard InChI is InChI=1S/C18H17FN2O4S/c1-25-18(24)21-16(23)14-12-7-2-3-8-13(12)26-17(14)20-15(22)10-5-4-6-11(19)9-10/h4-6,9H,2-3,7-8H2,1H3,(H,20,22)(H,21,23,24). The van der Waals surface area contributed by atoms with Crippen LogP contribution in [0.1, 0.15) is 44.0 Å². The molecule has 3 rings (SSSR count). The number of hydrogen-bond acceptors (Lipinski definition) is 5. The predicted octanol–water partition coefficient (Wildman–Crippen LogP) is 3.51. The molecule has 0 unspecified atom stereocenters. The zero-order chi connectivity index (χ0) is 18.7. The lowest BCUT2D eigenvalue weighted by Gasteiger charge is -2.12. The average molecular weight is 376 g/mol. The van der Waals surface area contributed by atoms with Crippen LogP contribution < -0.4 is 10.6 Å². The molecule has 0 bridgehead atoms. The molecule has 8 heteroatoms. The minimum Gasteiger partial charge on any atom is -0.453 e. The van der Waals surface area contributed by atoms with Crippen molar-refractivity contribution in [2.75, 3.05) is 12.4 Å². The van der Waals surface area contributed by atoms with Crippen molar-refractivity contribution in [1.82, 2.24) is 5.32 Å². The first-order chi connectivity index (χ1) is 12.5. The first-order valence-corrected chi connectivity index (χ1v) is 8.92. The summed E-state index contributed by atoms with van der Waals surface area (Å²) in [5, 5.41) is 5.18. The van der Waals surface area contributed by atoms with Gasteiger partial charge in [0.15, 0.2) is 0 Å². The topological polar surface area (TPSA) is 84.5 Å². The molecular weight excluding hydrogens is 359 g/mol. The number of benzene rings is 1. The fraction of sp³-hybridized carbons (Fsp3) is 0.278. The number of carbonyl (C=O) groups is 3. The summed E-state index contributed by atoms with van der Waals surface area (Å²) in [5.41, 5.74) is 1.27. The summed E-state index contributed by atoms with van der Waals surface area (Å²) >= 11 is 1.31. The highest BCUT2D eigenvalue weighted by atomic mass is 32.1. The van der Waals surface area contributed by atoms with Crippen molar-refractivity contribution >= 4 is 34.2 Å². The van der Waals surface area contributed by atoms with Gasteiger partial charge in [0.25, 0.3) is 11.8 Å². The largest absolute Gasteiger partial charge is 0.453 e. The Morgan fingerprint density at radius 1 is 1.15 bits per heavy atom. The van der Waals surface area contributed by atoms with Crippen molar-refractivity contribution in [3.8, 4) is 0 Å². The van der Waals surface area contributed by atoms with E-state index in [-0.39, 0.29) is 11.1 Å². The van der Waals surface area contributed by atoms with Gasteiger partial charge in [-0.1, -0.05) is 6.07 Å². The van der Waals surface area contributed by atoms with Crippen molar-refractivity contribution in [1.29, 1.82) is 0 Å². The second kappa shape index (κ2) is 7.65. The number of thiophene rings is 1. The van der Waals surface area contributed by atoms with Crippen LogP contribution in [-0.4, -0.2) is 25.0 Å². The summed E-state index contributed by atoms with van der Waals surface area (Å²) in [6, 6.07) is 5.29. The van der Waals surface area contributed by atoms with E-state index >= 15 is 0 Å². The van der Waals surface area contributed by atoms with Crippen LogP contribution in [0.25, 0.3) is 0 Å². The zero-order valence-electron chi connectivity index (χ0n) is 14.1. The van der Waals surface area contributed by atoms with E-state index in [4.69, 9.17) is 0 Å². The van der Waals surface area contributed by atoms with E-state index in [0.717, 1.165) is 35.8 Å². The summed E-state index contributed by atoms with van der Waals surface area (Å²) in [7, 11) is 1.17. The van der Waals surface area contributed by atoms with Crippen LogP contribution in [0.2, 0.25) is 0 Å². The third kappa shape index (κ3) is 3.75. The summed E-state index contributed by atoms with van der Waals surface area (Å²) in [6.07, 6.45) is 2.58. The SMILES string of the molecule is COC(=O)NC(=O)c1c(NC(=O)c2cccc(F)c2)sc2c1CCCC2. The van der Waals surface area contributed by atoms with Gasteiger partial charge in [-0.05, 0) is 49.4 Å². The van der Waals surface area contributed by atoms with E-state index in [9.17, 15) is 18.8 Å². The number of methoxy groups -OCH3 is 1. The van der Waals surface area contributed by atoms with Gasteiger partial charge >= 0.3 is 6.09 Å². The number of halogens is 1. The van der Waals surface area contributed by atoms with Gasteiger partial charge < -0.3 is 10.1 Å². The number of hydrogen-bond donors (Lipinski definition) is 2. The Balaban J connectivity index is 1.93. The Morgan fingerprint density at radius 3 is 2.65 bits per heavy atom. The van der Waals surface area contributed by atoms with E-state index in [2.05, 4.69) is 15.4 Å². The molecule has 0 atom stereocenters. The number of carbonyl (C=O) groups excluding carboxylic acids is 3. The first-order valence-electron chi connectivity index (χ1n) is 8.10. The highest BCUT2D eigenvalue weighted by Gasteiger charge is 2.27. The molecule has 0 saturated carbocycles. The van der Waals surface area contributed by atoms with Gasteiger partial charge in [0.05, 0.1) is 12.7 Å². The highest BCUT2D eigenvalue weighted by Crippen LogP contribution is 2.38.